The number of nitrogens with zero attached hydrogens (tertiary/aromatic N) is 1. The molecule has 2 fully saturated rings. The zero-order valence-corrected chi connectivity index (χ0v) is 13.3. The van der Waals surface area contributed by atoms with E-state index in [-0.39, 0.29) is 0 Å². The first-order valence-electron chi connectivity index (χ1n) is 8.32. The van der Waals surface area contributed by atoms with Crippen LogP contribution in [0.25, 0.3) is 0 Å². The molecule has 3 heteroatoms. The van der Waals surface area contributed by atoms with Gasteiger partial charge in [-0.05, 0) is 45.3 Å². The monoisotopic (exact) mass is 288 g/mol. The molecule has 0 radical (unpaired) electrons. The molecule has 1 N–H and O–H groups in total. The summed E-state index contributed by atoms with van der Waals surface area (Å²) in [4.78, 5) is 2.62. The summed E-state index contributed by atoms with van der Waals surface area (Å²) in [7, 11) is 0. The lowest BCUT2D eigenvalue weighted by molar-refractivity contribution is -0.0744. The van der Waals surface area contributed by atoms with Crippen molar-refractivity contribution < 1.29 is 4.74 Å². The smallest absolute Gasteiger partial charge is 0.0678 e. The third-order valence-corrected chi connectivity index (χ3v) is 4.97. The maximum absolute atomic E-state index is 5.89. The van der Waals surface area contributed by atoms with Gasteiger partial charge in [-0.25, -0.2) is 0 Å². The Bertz CT molecular complexity index is 432. The van der Waals surface area contributed by atoms with Crippen molar-refractivity contribution in [3.63, 3.8) is 0 Å². The highest BCUT2D eigenvalue weighted by atomic mass is 16.5. The Balaban J connectivity index is 1.80. The van der Waals surface area contributed by atoms with Crippen LogP contribution in [0.2, 0.25) is 0 Å². The van der Waals surface area contributed by atoms with Gasteiger partial charge in [0.25, 0.3) is 0 Å². The topological polar surface area (TPSA) is 24.5 Å². The fourth-order valence-corrected chi connectivity index (χ4v) is 4.08. The largest absolute Gasteiger partial charge is 0.373 e. The molecule has 21 heavy (non-hydrogen) atoms. The molecule has 0 saturated carbocycles. The fourth-order valence-electron chi connectivity index (χ4n) is 4.08. The number of morpholine rings is 1. The van der Waals surface area contributed by atoms with Gasteiger partial charge < -0.3 is 10.1 Å². The highest BCUT2D eigenvalue weighted by molar-refractivity contribution is 5.27. The van der Waals surface area contributed by atoms with Gasteiger partial charge in [0.2, 0.25) is 0 Å². The van der Waals surface area contributed by atoms with E-state index in [0.717, 1.165) is 32.7 Å². The highest BCUT2D eigenvalue weighted by Gasteiger charge is 2.37. The predicted octanol–water partition coefficient (Wildman–Crippen LogP) is 2.42. The van der Waals surface area contributed by atoms with Crippen LogP contribution < -0.4 is 5.32 Å². The second-order valence-electron chi connectivity index (χ2n) is 6.85. The summed E-state index contributed by atoms with van der Waals surface area (Å²) in [6.07, 6.45) is 3.17. The molecule has 0 aromatic heterocycles. The number of hydrogen-bond donors (Lipinski definition) is 1. The second kappa shape index (κ2) is 6.47. The van der Waals surface area contributed by atoms with E-state index in [1.54, 1.807) is 0 Å². The summed E-state index contributed by atoms with van der Waals surface area (Å²) in [5.74, 6) is 0. The molecule has 2 unspecified atom stereocenters. The lowest BCUT2D eigenvalue weighted by Crippen LogP contribution is -2.53. The maximum Gasteiger partial charge on any atom is 0.0678 e. The maximum atomic E-state index is 5.89. The number of piperidine rings is 1. The quantitative estimate of drug-likeness (QED) is 0.924. The zero-order chi connectivity index (χ0) is 14.7. The van der Waals surface area contributed by atoms with E-state index in [1.807, 2.05) is 0 Å². The molecule has 2 aliphatic heterocycles. The first-order valence-corrected chi connectivity index (χ1v) is 8.32. The van der Waals surface area contributed by atoms with Crippen LogP contribution in [0.5, 0.6) is 0 Å². The average molecular weight is 288 g/mol. The van der Waals surface area contributed by atoms with Crippen LogP contribution in [-0.2, 0) is 10.2 Å². The molecular weight excluding hydrogens is 260 g/mol. The number of nitrogens with one attached hydrogen (secondary N) is 1. The van der Waals surface area contributed by atoms with Crippen molar-refractivity contribution in [2.45, 2.75) is 44.3 Å². The molecule has 0 spiro atoms. The lowest BCUT2D eigenvalue weighted by atomic mass is 9.72. The summed E-state index contributed by atoms with van der Waals surface area (Å²) in [5.41, 5.74) is 1.82. The van der Waals surface area contributed by atoms with Crippen LogP contribution in [-0.4, -0.2) is 49.8 Å². The van der Waals surface area contributed by atoms with Gasteiger partial charge in [0.15, 0.2) is 0 Å². The van der Waals surface area contributed by atoms with Gasteiger partial charge in [0.05, 0.1) is 12.2 Å². The standard InChI is InChI=1S/C18H28N2O/c1-15-12-20(13-16(2)21-15)14-18(8-10-19-11-9-18)17-6-4-3-5-7-17/h3-7,15-16,19H,8-14H2,1-2H3. The average Bonchev–Trinajstić information content (AvgIpc) is 2.48. The zero-order valence-electron chi connectivity index (χ0n) is 13.3. The highest BCUT2D eigenvalue weighted by Crippen LogP contribution is 2.35. The third-order valence-electron chi connectivity index (χ3n) is 4.97. The fraction of sp³-hybridized carbons (Fsp3) is 0.667. The number of benzene rings is 1. The SMILES string of the molecule is CC1CN(CC2(c3ccccc3)CCNCC2)CC(C)O1. The minimum atomic E-state index is 0.309. The van der Waals surface area contributed by atoms with Crippen molar-refractivity contribution in [1.82, 2.24) is 10.2 Å². The number of rotatable bonds is 3. The van der Waals surface area contributed by atoms with Crippen molar-refractivity contribution in [3.05, 3.63) is 35.9 Å². The Kier molecular flexibility index (Phi) is 4.63. The van der Waals surface area contributed by atoms with Crippen molar-refractivity contribution in [2.24, 2.45) is 0 Å². The Morgan fingerprint density at radius 3 is 2.33 bits per heavy atom. The second-order valence-corrected chi connectivity index (χ2v) is 6.85. The van der Waals surface area contributed by atoms with Crippen LogP contribution in [0.1, 0.15) is 32.3 Å². The van der Waals surface area contributed by atoms with Crippen LogP contribution in [0.3, 0.4) is 0 Å². The minimum absolute atomic E-state index is 0.309. The summed E-state index contributed by atoms with van der Waals surface area (Å²) in [6.45, 7) is 9.94. The van der Waals surface area contributed by atoms with Gasteiger partial charge in [-0.1, -0.05) is 30.3 Å². The first kappa shape index (κ1) is 15.0. The molecule has 2 aliphatic rings. The first-order chi connectivity index (χ1) is 10.2. The van der Waals surface area contributed by atoms with E-state index in [2.05, 4.69) is 54.4 Å². The van der Waals surface area contributed by atoms with Crippen LogP contribution in [0, 0.1) is 0 Å². The molecule has 3 rings (SSSR count). The van der Waals surface area contributed by atoms with Crippen molar-refractivity contribution >= 4 is 0 Å². The molecule has 3 nitrogen and oxygen atoms in total. The van der Waals surface area contributed by atoms with Gasteiger partial charge in [-0.3, -0.25) is 4.90 Å². The Labute approximate surface area is 128 Å². The third kappa shape index (κ3) is 3.47. The van der Waals surface area contributed by atoms with E-state index in [9.17, 15) is 0 Å². The summed E-state index contributed by atoms with van der Waals surface area (Å²) in [5, 5.41) is 3.52. The Hall–Kier alpha value is -0.900. The lowest BCUT2D eigenvalue weighted by Gasteiger charge is -2.45. The number of hydrogen-bond acceptors (Lipinski definition) is 3. The molecule has 0 aliphatic carbocycles. The molecule has 0 bridgehead atoms. The molecule has 116 valence electrons. The van der Waals surface area contributed by atoms with Gasteiger partial charge in [-0.15, -0.1) is 0 Å². The van der Waals surface area contributed by atoms with E-state index in [0.29, 0.717) is 17.6 Å². The van der Waals surface area contributed by atoms with Gasteiger partial charge in [0.1, 0.15) is 0 Å². The van der Waals surface area contributed by atoms with Gasteiger partial charge in [0, 0.05) is 25.0 Å². The molecule has 1 aromatic carbocycles. The molecule has 2 heterocycles. The summed E-state index contributed by atoms with van der Waals surface area (Å²) < 4.78 is 5.89. The van der Waals surface area contributed by atoms with Crippen LogP contribution in [0.15, 0.2) is 30.3 Å². The predicted molar refractivity (Wildman–Crippen MR) is 86.7 cm³/mol. The summed E-state index contributed by atoms with van der Waals surface area (Å²) in [6, 6.07) is 11.1. The van der Waals surface area contributed by atoms with E-state index < -0.39 is 0 Å². The minimum Gasteiger partial charge on any atom is -0.373 e. The van der Waals surface area contributed by atoms with Crippen LogP contribution >= 0.6 is 0 Å². The molecule has 2 saturated heterocycles. The Morgan fingerprint density at radius 2 is 1.71 bits per heavy atom. The molecule has 0 amide bonds. The molecule has 2 atom stereocenters. The van der Waals surface area contributed by atoms with Gasteiger partial charge in [-0.2, -0.15) is 0 Å². The number of ether oxygens (including phenoxy) is 1. The van der Waals surface area contributed by atoms with Crippen molar-refractivity contribution in [3.8, 4) is 0 Å². The van der Waals surface area contributed by atoms with Crippen molar-refractivity contribution in [1.29, 1.82) is 0 Å². The van der Waals surface area contributed by atoms with E-state index >= 15 is 0 Å². The normalized spacial score (nSPS) is 30.2. The van der Waals surface area contributed by atoms with E-state index in [4.69, 9.17) is 4.74 Å². The van der Waals surface area contributed by atoms with Gasteiger partial charge >= 0.3 is 0 Å². The summed E-state index contributed by atoms with van der Waals surface area (Å²) >= 11 is 0. The van der Waals surface area contributed by atoms with Crippen LogP contribution in [0.4, 0.5) is 0 Å². The van der Waals surface area contributed by atoms with E-state index in [1.165, 1.54) is 18.4 Å². The molecule has 1 aromatic rings. The molecular formula is C18H28N2O. The Morgan fingerprint density at radius 1 is 1.10 bits per heavy atom. The van der Waals surface area contributed by atoms with Crippen molar-refractivity contribution in [2.75, 3.05) is 32.7 Å².